The molecule has 3 heteroatoms. The van der Waals surface area contributed by atoms with Crippen molar-refractivity contribution in [3.8, 4) is 5.75 Å². The molecule has 0 bridgehead atoms. The Balaban J connectivity index is 2.22. The van der Waals surface area contributed by atoms with Gasteiger partial charge in [0.1, 0.15) is 5.75 Å². The second-order valence-electron chi connectivity index (χ2n) is 5.48. The second-order valence-corrected chi connectivity index (χ2v) is 6.33. The van der Waals surface area contributed by atoms with E-state index in [1.807, 2.05) is 6.07 Å². The van der Waals surface area contributed by atoms with E-state index in [9.17, 15) is 0 Å². The zero-order valence-corrected chi connectivity index (χ0v) is 13.0. The summed E-state index contributed by atoms with van der Waals surface area (Å²) in [5.74, 6) is 1.55. The van der Waals surface area contributed by atoms with Gasteiger partial charge in [-0.15, -0.1) is 0 Å². The van der Waals surface area contributed by atoms with Crippen LogP contribution in [0.1, 0.15) is 32.3 Å². The van der Waals surface area contributed by atoms with Gasteiger partial charge in [0.05, 0.1) is 7.11 Å². The molecule has 1 atom stereocenters. The van der Waals surface area contributed by atoms with Gasteiger partial charge in [0.25, 0.3) is 0 Å². The zero-order valence-electron chi connectivity index (χ0n) is 11.4. The Bertz CT molecular complexity index is 411. The molecule has 0 saturated carbocycles. The highest BCUT2D eigenvalue weighted by atomic mass is 79.9. The van der Waals surface area contributed by atoms with Gasteiger partial charge < -0.3 is 10.1 Å². The third kappa shape index (κ3) is 2.72. The largest absolute Gasteiger partial charge is 0.497 e. The summed E-state index contributed by atoms with van der Waals surface area (Å²) >= 11 is 3.66. The van der Waals surface area contributed by atoms with E-state index in [4.69, 9.17) is 4.74 Å². The molecule has 0 spiro atoms. The van der Waals surface area contributed by atoms with Crippen molar-refractivity contribution < 1.29 is 4.74 Å². The molecule has 100 valence electrons. The third-order valence-electron chi connectivity index (χ3n) is 4.15. The number of halogens is 1. The molecule has 1 N–H and O–H groups in total. The van der Waals surface area contributed by atoms with Gasteiger partial charge >= 0.3 is 0 Å². The van der Waals surface area contributed by atoms with Crippen LogP contribution >= 0.6 is 15.9 Å². The summed E-state index contributed by atoms with van der Waals surface area (Å²) < 4.78 is 6.40. The number of ether oxygens (including phenoxy) is 1. The minimum Gasteiger partial charge on any atom is -0.497 e. The molecule has 1 fully saturated rings. The number of nitrogens with one attached hydrogen (secondary N) is 1. The maximum atomic E-state index is 5.25. The van der Waals surface area contributed by atoms with Crippen molar-refractivity contribution in [1.29, 1.82) is 0 Å². The van der Waals surface area contributed by atoms with Crippen molar-refractivity contribution in [1.82, 2.24) is 5.32 Å². The summed E-state index contributed by atoms with van der Waals surface area (Å²) in [6.45, 7) is 5.78. The monoisotopic (exact) mass is 311 g/mol. The molecule has 2 nitrogen and oxygen atoms in total. The Morgan fingerprint density at radius 2 is 2.22 bits per heavy atom. The lowest BCUT2D eigenvalue weighted by molar-refractivity contribution is 0.269. The van der Waals surface area contributed by atoms with Crippen LogP contribution in [-0.2, 0) is 6.42 Å². The molecule has 0 radical (unpaired) electrons. The van der Waals surface area contributed by atoms with Gasteiger partial charge in [-0.3, -0.25) is 0 Å². The summed E-state index contributed by atoms with van der Waals surface area (Å²) in [7, 11) is 1.70. The molecule has 1 aromatic carbocycles. The molecule has 2 rings (SSSR count). The van der Waals surface area contributed by atoms with E-state index in [1.54, 1.807) is 7.11 Å². The highest BCUT2D eigenvalue weighted by Crippen LogP contribution is 2.34. The molecule has 0 aromatic heterocycles. The Labute approximate surface area is 118 Å². The lowest BCUT2D eigenvalue weighted by Crippen LogP contribution is -2.46. The molecular formula is C15H22BrNO. The van der Waals surface area contributed by atoms with Crippen LogP contribution in [0.2, 0.25) is 0 Å². The number of rotatable bonds is 4. The fourth-order valence-electron chi connectivity index (χ4n) is 2.82. The van der Waals surface area contributed by atoms with Crippen molar-refractivity contribution >= 4 is 15.9 Å². The van der Waals surface area contributed by atoms with Gasteiger partial charge in [0, 0.05) is 10.0 Å². The van der Waals surface area contributed by atoms with Crippen LogP contribution in [0, 0.1) is 5.92 Å². The zero-order chi connectivity index (χ0) is 13.2. The molecule has 1 heterocycles. The van der Waals surface area contributed by atoms with Crippen LogP contribution in [0.4, 0.5) is 0 Å². The lowest BCUT2D eigenvalue weighted by Gasteiger charge is -2.34. The average molecular weight is 312 g/mol. The van der Waals surface area contributed by atoms with Gasteiger partial charge in [-0.25, -0.2) is 0 Å². The molecule has 1 unspecified atom stereocenters. The maximum absolute atomic E-state index is 5.25. The smallest absolute Gasteiger partial charge is 0.120 e. The van der Waals surface area contributed by atoms with Crippen LogP contribution < -0.4 is 10.1 Å². The first-order valence-electron chi connectivity index (χ1n) is 6.65. The fraction of sp³-hybridized carbons (Fsp3) is 0.600. The summed E-state index contributed by atoms with van der Waals surface area (Å²) in [5.41, 5.74) is 1.62. The Kier molecular flexibility index (Phi) is 4.33. The fourth-order valence-corrected chi connectivity index (χ4v) is 3.31. The molecule has 1 saturated heterocycles. The van der Waals surface area contributed by atoms with Gasteiger partial charge in [0.15, 0.2) is 0 Å². The maximum Gasteiger partial charge on any atom is 0.120 e. The van der Waals surface area contributed by atoms with E-state index in [0.717, 1.165) is 23.2 Å². The summed E-state index contributed by atoms with van der Waals surface area (Å²) in [4.78, 5) is 0. The second kappa shape index (κ2) is 5.62. The van der Waals surface area contributed by atoms with Crippen LogP contribution in [-0.4, -0.2) is 19.2 Å². The topological polar surface area (TPSA) is 21.3 Å². The Morgan fingerprint density at radius 1 is 1.44 bits per heavy atom. The van der Waals surface area contributed by atoms with Crippen molar-refractivity contribution in [3.05, 3.63) is 28.2 Å². The molecule has 1 aromatic rings. The average Bonchev–Trinajstić information content (AvgIpc) is 2.81. The number of hydrogen-bond acceptors (Lipinski definition) is 2. The predicted molar refractivity (Wildman–Crippen MR) is 79.2 cm³/mol. The first kappa shape index (κ1) is 13.9. The molecular weight excluding hydrogens is 290 g/mol. The molecule has 0 amide bonds. The highest BCUT2D eigenvalue weighted by Gasteiger charge is 2.36. The van der Waals surface area contributed by atoms with E-state index in [-0.39, 0.29) is 5.54 Å². The Hall–Kier alpha value is -0.540. The quantitative estimate of drug-likeness (QED) is 0.913. The summed E-state index contributed by atoms with van der Waals surface area (Å²) in [6.07, 6.45) is 3.63. The van der Waals surface area contributed by atoms with Gasteiger partial charge in [-0.2, -0.15) is 0 Å². The van der Waals surface area contributed by atoms with Crippen molar-refractivity contribution in [3.63, 3.8) is 0 Å². The van der Waals surface area contributed by atoms with Crippen molar-refractivity contribution in [2.45, 2.75) is 38.6 Å². The molecule has 1 aliphatic rings. The van der Waals surface area contributed by atoms with Gasteiger partial charge in [-0.05, 0) is 49.4 Å². The number of benzene rings is 1. The number of methoxy groups -OCH3 is 1. The predicted octanol–water partition coefficient (Wildman–Crippen LogP) is 3.78. The highest BCUT2D eigenvalue weighted by molar-refractivity contribution is 9.10. The number of hydrogen-bond donors (Lipinski definition) is 1. The van der Waals surface area contributed by atoms with E-state index in [1.165, 1.54) is 18.4 Å². The molecule has 18 heavy (non-hydrogen) atoms. The van der Waals surface area contributed by atoms with Gasteiger partial charge in [0.2, 0.25) is 0 Å². The lowest BCUT2D eigenvalue weighted by atomic mass is 9.80. The molecule has 0 aliphatic carbocycles. The standard InChI is InChI=1S/C15H22BrNO/c1-11(2)15(7-4-8-17-15)10-12-5-6-13(18-3)9-14(12)16/h5-6,9,11,17H,4,7-8,10H2,1-3H3. The van der Waals surface area contributed by atoms with Crippen LogP contribution in [0.15, 0.2) is 22.7 Å². The normalized spacial score (nSPS) is 23.6. The first-order chi connectivity index (χ1) is 8.57. The minimum atomic E-state index is 0.261. The first-order valence-corrected chi connectivity index (χ1v) is 7.44. The van der Waals surface area contributed by atoms with E-state index < -0.39 is 0 Å². The molecule has 1 aliphatic heterocycles. The summed E-state index contributed by atoms with van der Waals surface area (Å²) in [6, 6.07) is 6.27. The van der Waals surface area contributed by atoms with Crippen LogP contribution in [0.25, 0.3) is 0 Å². The van der Waals surface area contributed by atoms with E-state index in [0.29, 0.717) is 5.92 Å². The van der Waals surface area contributed by atoms with Gasteiger partial charge in [-0.1, -0.05) is 35.8 Å². The Morgan fingerprint density at radius 3 is 2.72 bits per heavy atom. The van der Waals surface area contributed by atoms with Crippen molar-refractivity contribution in [2.75, 3.05) is 13.7 Å². The van der Waals surface area contributed by atoms with Crippen molar-refractivity contribution in [2.24, 2.45) is 5.92 Å². The van der Waals surface area contributed by atoms with E-state index >= 15 is 0 Å². The third-order valence-corrected chi connectivity index (χ3v) is 4.89. The van der Waals surface area contributed by atoms with Crippen LogP contribution in [0.5, 0.6) is 5.75 Å². The minimum absolute atomic E-state index is 0.261. The van der Waals surface area contributed by atoms with E-state index in [2.05, 4.69) is 47.2 Å². The SMILES string of the molecule is COc1ccc(CC2(C(C)C)CCCN2)c(Br)c1. The summed E-state index contributed by atoms with van der Waals surface area (Å²) in [5, 5.41) is 3.72. The van der Waals surface area contributed by atoms with Crippen LogP contribution in [0.3, 0.4) is 0 Å².